The zero-order valence-electron chi connectivity index (χ0n) is 6.21. The molecule has 1 heterocycles. The number of carbonyl (C=O) groups excluding carboxylic acids is 1. The van der Waals surface area contributed by atoms with E-state index >= 15 is 0 Å². The summed E-state index contributed by atoms with van der Waals surface area (Å²) in [6.45, 7) is 1.93. The van der Waals surface area contributed by atoms with Gasteiger partial charge in [0, 0.05) is 10.8 Å². The van der Waals surface area contributed by atoms with Gasteiger partial charge in [0.1, 0.15) is 6.29 Å². The highest BCUT2D eigenvalue weighted by Gasteiger charge is 2.03. The van der Waals surface area contributed by atoms with Crippen LogP contribution in [0.5, 0.6) is 0 Å². The summed E-state index contributed by atoms with van der Waals surface area (Å²) in [4.78, 5) is 11.6. The van der Waals surface area contributed by atoms with Crippen molar-refractivity contribution in [2.24, 2.45) is 5.92 Å². The van der Waals surface area contributed by atoms with Gasteiger partial charge in [0.05, 0.1) is 3.79 Å². The lowest BCUT2D eigenvalue weighted by Crippen LogP contribution is -1.97. The summed E-state index contributed by atoms with van der Waals surface area (Å²) in [5, 5.41) is 0. The average molecular weight is 233 g/mol. The molecule has 0 aliphatic rings. The number of hydrogen-bond acceptors (Lipinski definition) is 2. The highest BCUT2D eigenvalue weighted by atomic mass is 79.9. The Hall–Kier alpha value is -0.150. The zero-order chi connectivity index (χ0) is 8.27. The Labute approximate surface area is 78.6 Å². The number of carbonyl (C=O) groups is 1. The molecule has 0 aliphatic heterocycles. The summed E-state index contributed by atoms with van der Waals surface area (Å²) >= 11 is 5.06. The molecular weight excluding hydrogens is 224 g/mol. The van der Waals surface area contributed by atoms with E-state index in [0.717, 1.165) is 16.5 Å². The fourth-order valence-corrected chi connectivity index (χ4v) is 2.45. The third kappa shape index (κ3) is 2.75. The predicted molar refractivity (Wildman–Crippen MR) is 51.0 cm³/mol. The molecule has 0 N–H and O–H groups in total. The van der Waals surface area contributed by atoms with E-state index in [9.17, 15) is 4.79 Å². The van der Waals surface area contributed by atoms with Crippen molar-refractivity contribution >= 4 is 33.6 Å². The smallest absolute Gasteiger partial charge is 0.123 e. The molecule has 0 radical (unpaired) electrons. The molecule has 1 atom stereocenters. The van der Waals surface area contributed by atoms with E-state index < -0.39 is 0 Å². The second-order valence-corrected chi connectivity index (χ2v) is 5.07. The lowest BCUT2D eigenvalue weighted by Gasteiger charge is -1.97. The maximum atomic E-state index is 10.3. The lowest BCUT2D eigenvalue weighted by molar-refractivity contribution is -0.110. The number of thiophene rings is 1. The van der Waals surface area contributed by atoms with Crippen molar-refractivity contribution in [1.29, 1.82) is 0 Å². The first-order valence-corrected chi connectivity index (χ1v) is 5.03. The molecule has 1 aromatic heterocycles. The van der Waals surface area contributed by atoms with Gasteiger partial charge in [-0.1, -0.05) is 6.92 Å². The summed E-state index contributed by atoms with van der Waals surface area (Å²) in [5.41, 5.74) is 0. The maximum absolute atomic E-state index is 10.3. The lowest BCUT2D eigenvalue weighted by atomic mass is 10.1. The molecule has 1 rings (SSSR count). The van der Waals surface area contributed by atoms with Crippen molar-refractivity contribution in [3.8, 4) is 0 Å². The van der Waals surface area contributed by atoms with E-state index in [1.165, 1.54) is 4.88 Å². The van der Waals surface area contributed by atoms with Crippen LogP contribution in [0.2, 0.25) is 0 Å². The molecule has 0 bridgehead atoms. The Kier molecular flexibility index (Phi) is 3.27. The van der Waals surface area contributed by atoms with Crippen LogP contribution in [0.3, 0.4) is 0 Å². The third-order valence-electron chi connectivity index (χ3n) is 1.38. The minimum absolute atomic E-state index is 0.139. The highest BCUT2D eigenvalue weighted by Crippen LogP contribution is 2.23. The van der Waals surface area contributed by atoms with Crippen LogP contribution in [0.1, 0.15) is 11.8 Å². The molecule has 0 aromatic carbocycles. The largest absolute Gasteiger partial charge is 0.303 e. The molecule has 60 valence electrons. The van der Waals surface area contributed by atoms with Gasteiger partial charge in [-0.15, -0.1) is 11.3 Å². The van der Waals surface area contributed by atoms with Gasteiger partial charge >= 0.3 is 0 Å². The fourth-order valence-electron chi connectivity index (χ4n) is 0.827. The van der Waals surface area contributed by atoms with E-state index in [0.29, 0.717) is 0 Å². The molecule has 0 saturated carbocycles. The molecule has 1 aromatic rings. The quantitative estimate of drug-likeness (QED) is 0.733. The highest BCUT2D eigenvalue weighted by molar-refractivity contribution is 9.11. The molecule has 11 heavy (non-hydrogen) atoms. The number of rotatable bonds is 3. The molecule has 1 nitrogen and oxygen atoms in total. The summed E-state index contributed by atoms with van der Waals surface area (Å²) in [6, 6.07) is 4.06. The third-order valence-corrected chi connectivity index (χ3v) is 3.03. The van der Waals surface area contributed by atoms with E-state index in [-0.39, 0.29) is 5.92 Å². The fraction of sp³-hybridized carbons (Fsp3) is 0.375. The molecule has 0 spiro atoms. The van der Waals surface area contributed by atoms with Crippen LogP contribution in [0, 0.1) is 5.92 Å². The maximum Gasteiger partial charge on any atom is 0.123 e. The first-order chi connectivity index (χ1) is 5.22. The van der Waals surface area contributed by atoms with Crippen molar-refractivity contribution in [1.82, 2.24) is 0 Å². The van der Waals surface area contributed by atoms with Crippen molar-refractivity contribution in [2.45, 2.75) is 13.3 Å². The summed E-state index contributed by atoms with van der Waals surface area (Å²) in [5.74, 6) is 0.139. The summed E-state index contributed by atoms with van der Waals surface area (Å²) in [7, 11) is 0. The Balaban J connectivity index is 2.57. The van der Waals surface area contributed by atoms with Gasteiger partial charge in [-0.3, -0.25) is 0 Å². The standard InChI is InChI=1S/C8H9BrOS/c1-6(5-10)4-7-2-3-8(9)11-7/h2-3,5-6H,4H2,1H3. The van der Waals surface area contributed by atoms with Gasteiger partial charge in [-0.25, -0.2) is 0 Å². The molecule has 0 aliphatic carbocycles. The van der Waals surface area contributed by atoms with Crippen LogP contribution in [-0.4, -0.2) is 6.29 Å². The van der Waals surface area contributed by atoms with Crippen LogP contribution in [0.15, 0.2) is 15.9 Å². The van der Waals surface area contributed by atoms with Crippen molar-refractivity contribution in [2.75, 3.05) is 0 Å². The Morgan fingerprint density at radius 3 is 2.91 bits per heavy atom. The first-order valence-electron chi connectivity index (χ1n) is 3.42. The summed E-state index contributed by atoms with van der Waals surface area (Å²) in [6.07, 6.45) is 1.85. The second-order valence-electron chi connectivity index (χ2n) is 2.52. The topological polar surface area (TPSA) is 17.1 Å². The summed E-state index contributed by atoms with van der Waals surface area (Å²) < 4.78 is 1.13. The van der Waals surface area contributed by atoms with Crippen LogP contribution in [0.25, 0.3) is 0 Å². The molecule has 3 heteroatoms. The van der Waals surface area contributed by atoms with E-state index in [4.69, 9.17) is 0 Å². The van der Waals surface area contributed by atoms with Gasteiger partial charge in [0.2, 0.25) is 0 Å². The Morgan fingerprint density at radius 2 is 2.45 bits per heavy atom. The minimum atomic E-state index is 0.139. The zero-order valence-corrected chi connectivity index (χ0v) is 8.61. The molecular formula is C8H9BrOS. The second kappa shape index (κ2) is 4.02. The van der Waals surface area contributed by atoms with E-state index in [1.807, 2.05) is 13.0 Å². The van der Waals surface area contributed by atoms with Gasteiger partial charge in [-0.05, 0) is 34.5 Å². The van der Waals surface area contributed by atoms with Gasteiger partial charge < -0.3 is 4.79 Å². The Bertz CT molecular complexity index is 244. The van der Waals surface area contributed by atoms with Gasteiger partial charge in [-0.2, -0.15) is 0 Å². The van der Waals surface area contributed by atoms with Crippen LogP contribution >= 0.6 is 27.3 Å². The number of aldehydes is 1. The van der Waals surface area contributed by atoms with Crippen molar-refractivity contribution in [3.05, 3.63) is 20.8 Å². The minimum Gasteiger partial charge on any atom is -0.303 e. The number of halogens is 1. The van der Waals surface area contributed by atoms with Crippen molar-refractivity contribution < 1.29 is 4.79 Å². The van der Waals surface area contributed by atoms with Crippen molar-refractivity contribution in [3.63, 3.8) is 0 Å². The van der Waals surface area contributed by atoms with Crippen LogP contribution in [0.4, 0.5) is 0 Å². The van der Waals surface area contributed by atoms with Gasteiger partial charge in [0.15, 0.2) is 0 Å². The molecule has 1 unspecified atom stereocenters. The number of hydrogen-bond donors (Lipinski definition) is 0. The monoisotopic (exact) mass is 232 g/mol. The average Bonchev–Trinajstić information content (AvgIpc) is 2.35. The van der Waals surface area contributed by atoms with Crippen LogP contribution < -0.4 is 0 Å². The van der Waals surface area contributed by atoms with E-state index in [1.54, 1.807) is 11.3 Å². The SMILES string of the molecule is CC(C=O)Cc1ccc(Br)s1. The molecule has 0 fully saturated rings. The van der Waals surface area contributed by atoms with Gasteiger partial charge in [0.25, 0.3) is 0 Å². The molecule has 0 amide bonds. The Morgan fingerprint density at radius 1 is 1.73 bits per heavy atom. The normalized spacial score (nSPS) is 12.9. The molecule has 0 saturated heterocycles. The first kappa shape index (κ1) is 8.94. The van der Waals surface area contributed by atoms with E-state index in [2.05, 4.69) is 22.0 Å². The predicted octanol–water partition coefficient (Wildman–Crippen LogP) is 2.89. The van der Waals surface area contributed by atoms with Crippen LogP contribution in [-0.2, 0) is 11.2 Å².